The predicted octanol–water partition coefficient (Wildman–Crippen LogP) is 7.71. The third-order valence-electron chi connectivity index (χ3n) is 8.99. The Kier molecular flexibility index (Phi) is 7.50. The average molecular weight is 598 g/mol. The normalized spacial score (nSPS) is 17.6. The van der Waals surface area contributed by atoms with Gasteiger partial charge in [0.15, 0.2) is 0 Å². The van der Waals surface area contributed by atoms with E-state index < -0.39 is 11.7 Å². The molecule has 0 radical (unpaired) electrons. The second-order valence-electron chi connectivity index (χ2n) is 11.9. The lowest BCUT2D eigenvalue weighted by Gasteiger charge is -2.29. The summed E-state index contributed by atoms with van der Waals surface area (Å²) in [4.78, 5) is 26.9. The summed E-state index contributed by atoms with van der Waals surface area (Å²) in [6.07, 6.45) is 1.93. The van der Waals surface area contributed by atoms with Gasteiger partial charge in [-0.05, 0) is 103 Å². The van der Waals surface area contributed by atoms with Crippen LogP contribution in [0.5, 0.6) is 0 Å². The van der Waals surface area contributed by atoms with E-state index in [1.54, 1.807) is 6.07 Å². The zero-order valence-corrected chi connectivity index (χ0v) is 24.3. The number of amides is 1. The number of rotatable bonds is 7. The van der Waals surface area contributed by atoms with Gasteiger partial charge in [-0.1, -0.05) is 30.3 Å². The van der Waals surface area contributed by atoms with Gasteiger partial charge in [0.25, 0.3) is 5.91 Å². The van der Waals surface area contributed by atoms with Crippen LogP contribution in [0.1, 0.15) is 47.2 Å². The first kappa shape index (κ1) is 28.4. The van der Waals surface area contributed by atoms with Crippen LogP contribution in [0.15, 0.2) is 79.0 Å². The van der Waals surface area contributed by atoms with E-state index in [1.165, 1.54) is 25.0 Å². The molecule has 4 heterocycles. The Morgan fingerprint density at radius 1 is 0.909 bits per heavy atom. The topological polar surface area (TPSA) is 64.3 Å². The van der Waals surface area contributed by atoms with Crippen molar-refractivity contribution in [1.82, 2.24) is 19.8 Å². The summed E-state index contributed by atoms with van der Waals surface area (Å²) in [7, 11) is 0. The van der Waals surface area contributed by atoms with Gasteiger partial charge in [0.05, 0.1) is 16.6 Å². The van der Waals surface area contributed by atoms with Crippen molar-refractivity contribution < 1.29 is 18.0 Å². The second-order valence-corrected chi connectivity index (χ2v) is 11.9. The van der Waals surface area contributed by atoms with Gasteiger partial charge in [-0.15, -0.1) is 0 Å². The van der Waals surface area contributed by atoms with E-state index in [1.807, 2.05) is 35.4 Å². The molecule has 0 aliphatic carbocycles. The number of nitrogens with one attached hydrogen (secondary N) is 2. The lowest BCUT2D eigenvalue weighted by Crippen LogP contribution is -2.42. The number of anilines is 1. The highest BCUT2D eigenvalue weighted by Gasteiger charge is 2.33. The first-order valence-corrected chi connectivity index (χ1v) is 15.3. The van der Waals surface area contributed by atoms with E-state index in [9.17, 15) is 18.0 Å². The van der Waals surface area contributed by atoms with Gasteiger partial charge in [-0.2, -0.15) is 13.2 Å². The van der Waals surface area contributed by atoms with Crippen LogP contribution in [0.2, 0.25) is 0 Å². The predicted molar refractivity (Wildman–Crippen MR) is 168 cm³/mol. The molecule has 9 heteroatoms. The van der Waals surface area contributed by atoms with E-state index >= 15 is 0 Å². The smallest absolute Gasteiger partial charge is 0.366 e. The fourth-order valence-corrected chi connectivity index (χ4v) is 6.62. The lowest BCUT2D eigenvalue weighted by molar-refractivity contribution is -0.137. The van der Waals surface area contributed by atoms with Crippen molar-refractivity contribution in [2.75, 3.05) is 31.5 Å². The number of aromatic nitrogens is 2. The zero-order chi connectivity index (χ0) is 30.3. The monoisotopic (exact) mass is 597 g/mol. The molecule has 2 fully saturated rings. The number of carbonyl (C=O) groups is 1. The van der Waals surface area contributed by atoms with Gasteiger partial charge in [-0.3, -0.25) is 4.79 Å². The summed E-state index contributed by atoms with van der Waals surface area (Å²) < 4.78 is 39.1. The van der Waals surface area contributed by atoms with E-state index in [4.69, 9.17) is 4.98 Å². The van der Waals surface area contributed by atoms with E-state index in [0.717, 1.165) is 78.6 Å². The first-order valence-electron chi connectivity index (χ1n) is 15.3. The molecule has 3 aromatic carbocycles. The minimum Gasteiger partial charge on any atom is -0.366 e. The molecule has 0 saturated carbocycles. The third kappa shape index (κ3) is 5.76. The van der Waals surface area contributed by atoms with Gasteiger partial charge in [0.1, 0.15) is 5.82 Å². The molecule has 1 amide bonds. The average Bonchev–Trinajstić information content (AvgIpc) is 3.81. The van der Waals surface area contributed by atoms with Gasteiger partial charge in [-0.25, -0.2) is 4.98 Å². The number of benzene rings is 3. The van der Waals surface area contributed by atoms with E-state index in [0.29, 0.717) is 22.5 Å². The second kappa shape index (κ2) is 11.6. The lowest BCUT2D eigenvalue weighted by atomic mass is 9.99. The number of likely N-dealkylation sites (tertiary alicyclic amines) is 2. The van der Waals surface area contributed by atoms with Crippen LogP contribution in [0.4, 0.5) is 19.0 Å². The molecule has 2 aromatic heterocycles. The van der Waals surface area contributed by atoms with Crippen LogP contribution in [0.25, 0.3) is 32.9 Å². The van der Waals surface area contributed by atoms with Crippen LogP contribution in [-0.2, 0) is 12.7 Å². The molecule has 0 unspecified atom stereocenters. The number of alkyl halides is 3. The maximum absolute atomic E-state index is 14.3. The van der Waals surface area contributed by atoms with E-state index in [2.05, 4.69) is 33.4 Å². The summed E-state index contributed by atoms with van der Waals surface area (Å²) in [5.41, 5.74) is 4.35. The van der Waals surface area contributed by atoms with Crippen molar-refractivity contribution >= 4 is 33.5 Å². The van der Waals surface area contributed by atoms with E-state index in [-0.39, 0.29) is 18.5 Å². The molecular weight excluding hydrogens is 563 g/mol. The molecule has 0 spiro atoms. The molecule has 2 N–H and O–H groups in total. The Hall–Kier alpha value is -4.37. The Labute approximate surface area is 253 Å². The van der Waals surface area contributed by atoms with Gasteiger partial charge >= 0.3 is 6.18 Å². The maximum Gasteiger partial charge on any atom is 0.416 e. The van der Waals surface area contributed by atoms with Gasteiger partial charge in [0.2, 0.25) is 0 Å². The van der Waals surface area contributed by atoms with Crippen LogP contribution in [0.3, 0.4) is 0 Å². The Bertz CT molecular complexity index is 1810. The summed E-state index contributed by atoms with van der Waals surface area (Å²) >= 11 is 0. The highest BCUT2D eigenvalue weighted by Crippen LogP contribution is 2.32. The largest absolute Gasteiger partial charge is 0.416 e. The third-order valence-corrected chi connectivity index (χ3v) is 8.99. The summed E-state index contributed by atoms with van der Waals surface area (Å²) in [5.74, 6) is 0.505. The Morgan fingerprint density at radius 3 is 2.48 bits per heavy atom. The molecule has 2 aliphatic rings. The van der Waals surface area contributed by atoms with Gasteiger partial charge in [0, 0.05) is 42.8 Å². The molecule has 44 heavy (non-hydrogen) atoms. The Morgan fingerprint density at radius 2 is 1.68 bits per heavy atom. The summed E-state index contributed by atoms with van der Waals surface area (Å²) in [5, 5.41) is 5.17. The standard InChI is InChI=1S/C35H34F3N5O/c36-35(37,38)27-10-5-23(6-11-27)21-40-33-20-30(34(44)43-17-3-4-28(43)22-42-15-1-2-16-42)29-18-25(9-12-31(29)41-33)26-8-7-24-13-14-39-32(24)19-26/h5-14,18-20,28,39H,1-4,15-17,21-22H2,(H,40,41)/t28-/m0/s1. The van der Waals surface area contributed by atoms with Crippen molar-refractivity contribution in [3.8, 4) is 11.1 Å². The molecule has 1 atom stereocenters. The number of hydrogen-bond donors (Lipinski definition) is 2. The summed E-state index contributed by atoms with van der Waals surface area (Å²) in [6, 6.07) is 21.4. The number of halogens is 3. The molecule has 2 saturated heterocycles. The van der Waals surface area contributed by atoms with Gasteiger partial charge < -0.3 is 20.1 Å². The fraction of sp³-hybridized carbons (Fsp3) is 0.314. The maximum atomic E-state index is 14.3. The number of nitrogens with zero attached hydrogens (tertiary/aromatic N) is 3. The van der Waals surface area contributed by atoms with Crippen molar-refractivity contribution in [2.24, 2.45) is 0 Å². The highest BCUT2D eigenvalue weighted by atomic mass is 19.4. The number of carbonyl (C=O) groups excluding carboxylic acids is 1. The quantitative estimate of drug-likeness (QED) is 0.202. The number of aromatic amines is 1. The fourth-order valence-electron chi connectivity index (χ4n) is 6.62. The molecule has 7 rings (SSSR count). The molecule has 5 aromatic rings. The van der Waals surface area contributed by atoms with Crippen molar-refractivity contribution in [2.45, 2.75) is 44.4 Å². The highest BCUT2D eigenvalue weighted by molar-refractivity contribution is 6.08. The Balaban J connectivity index is 1.23. The molecule has 6 nitrogen and oxygen atoms in total. The molecule has 0 bridgehead atoms. The van der Waals surface area contributed by atoms with Crippen LogP contribution >= 0.6 is 0 Å². The first-order chi connectivity index (χ1) is 21.3. The van der Waals surface area contributed by atoms with Crippen LogP contribution < -0.4 is 5.32 Å². The SMILES string of the molecule is O=C(c1cc(NCc2ccc(C(F)(F)F)cc2)nc2ccc(-c3ccc4cc[nH]c4c3)cc12)N1CCC[C@H]1CN1CCCC1. The zero-order valence-electron chi connectivity index (χ0n) is 24.3. The minimum atomic E-state index is -4.38. The van der Waals surface area contributed by atoms with Crippen molar-refractivity contribution in [3.63, 3.8) is 0 Å². The van der Waals surface area contributed by atoms with Crippen molar-refractivity contribution in [1.29, 1.82) is 0 Å². The summed E-state index contributed by atoms with van der Waals surface area (Å²) in [6.45, 7) is 4.07. The number of pyridine rings is 1. The molecule has 226 valence electrons. The van der Waals surface area contributed by atoms with Crippen LogP contribution in [-0.4, -0.2) is 57.9 Å². The van der Waals surface area contributed by atoms with Crippen molar-refractivity contribution in [3.05, 3.63) is 95.7 Å². The van der Waals surface area contributed by atoms with Crippen LogP contribution in [0, 0.1) is 0 Å². The number of fused-ring (bicyclic) bond motifs is 2. The number of hydrogen-bond acceptors (Lipinski definition) is 4. The molecule has 2 aliphatic heterocycles. The minimum absolute atomic E-state index is 0.00588. The number of H-pyrrole nitrogens is 1. The molecular formula is C35H34F3N5O.